The molecule has 6 rings (SSSR count). The molecule has 3 aliphatic heterocycles. The van der Waals surface area contributed by atoms with E-state index in [1.165, 1.54) is 14.2 Å². The van der Waals surface area contributed by atoms with Gasteiger partial charge < -0.3 is 72.1 Å². The Morgan fingerprint density at radius 2 is 1.72 bits per heavy atom. The van der Waals surface area contributed by atoms with Gasteiger partial charge in [-0.25, -0.2) is 0 Å². The Labute approximate surface area is 348 Å². The van der Waals surface area contributed by atoms with Crippen molar-refractivity contribution in [3.8, 4) is 0 Å². The second-order valence-electron chi connectivity index (χ2n) is 17.7. The summed E-state index contributed by atoms with van der Waals surface area (Å²) in [5.74, 6) is -9.06. The van der Waals surface area contributed by atoms with E-state index in [1.54, 1.807) is 0 Å². The van der Waals surface area contributed by atoms with Gasteiger partial charge in [-0.05, 0) is 56.4 Å². The van der Waals surface area contributed by atoms with Crippen LogP contribution in [0.4, 0.5) is 0 Å². The summed E-state index contributed by atoms with van der Waals surface area (Å²) in [5, 5.41) is 85.0. The number of rotatable bonds is 14. The first-order chi connectivity index (χ1) is 28.5. The first-order valence-electron chi connectivity index (χ1n) is 21.1. The summed E-state index contributed by atoms with van der Waals surface area (Å²) >= 11 is 0. The van der Waals surface area contributed by atoms with Crippen LogP contribution in [-0.2, 0) is 33.4 Å². The lowest BCUT2D eigenvalue weighted by molar-refractivity contribution is -0.349. The van der Waals surface area contributed by atoms with Crippen LogP contribution < -0.4 is 22.1 Å². The number of methoxy groups -OCH3 is 1. The average molecular weight is 853 g/mol. The molecule has 338 valence electrons. The predicted octanol–water partition coefficient (Wildman–Crippen LogP) is -4.30. The summed E-state index contributed by atoms with van der Waals surface area (Å²) in [7, 11) is 2.87. The van der Waals surface area contributed by atoms with E-state index in [0.29, 0.717) is 19.4 Å². The molecule has 0 radical (unpaired) electrons. The van der Waals surface area contributed by atoms with Crippen molar-refractivity contribution in [3.63, 3.8) is 0 Å². The van der Waals surface area contributed by atoms with Crippen LogP contribution in [0.25, 0.3) is 0 Å². The summed E-state index contributed by atoms with van der Waals surface area (Å²) in [6, 6.07) is -0.604. The topological polar surface area (TPSA) is 329 Å². The Morgan fingerprint density at radius 1 is 1.02 bits per heavy atom. The molecule has 5 fully saturated rings. The van der Waals surface area contributed by atoms with E-state index < -0.39 is 133 Å². The van der Waals surface area contributed by atoms with E-state index in [1.807, 2.05) is 6.92 Å². The number of nitrogens with two attached hydrogens (primary N) is 2. The van der Waals surface area contributed by atoms with Crippen molar-refractivity contribution in [2.45, 2.75) is 106 Å². The summed E-state index contributed by atoms with van der Waals surface area (Å²) in [6.07, 6.45) is -7.97. The standard InChI is InChI=1S/C40H64N6O14/c1-17-10-20-31(34(53)29(17)22(7-9-47)45-39(42)43-2)35(54)32-24(12-23(58-3)21(15-48)30(32)33(20)52)59-38-36(55)37(56)40(57,25(16-49)60-38)13-19(18-6-8-44-26(41)11-18)14-46-27(50)4-5-28(46)51/h4-5,17-26,29-32,34,36-38,44,47-49,53,55-57H,6-16,41H2,1-3H3,(H3,42,43,45)/t17?,18?,19-,20?,21?,22?,23?,24?,25-,26?,29?,30?,31?,32?,34?,36-,37-,38+,40-/m1/s1. The van der Waals surface area contributed by atoms with Crippen LogP contribution in [0.2, 0.25) is 0 Å². The van der Waals surface area contributed by atoms with Gasteiger partial charge in [-0.15, -0.1) is 0 Å². The fraction of sp³-hybridized carbons (Fsp3) is 0.825. The quantitative estimate of drug-likeness (QED) is 0.0447. The highest BCUT2D eigenvalue weighted by Gasteiger charge is 2.64. The zero-order valence-corrected chi connectivity index (χ0v) is 34.4. The van der Waals surface area contributed by atoms with E-state index in [2.05, 4.69) is 15.6 Å². The number of guanidine groups is 1. The summed E-state index contributed by atoms with van der Waals surface area (Å²) < 4.78 is 18.2. The van der Waals surface area contributed by atoms with Crippen LogP contribution in [0, 0.1) is 53.3 Å². The van der Waals surface area contributed by atoms with Crippen LogP contribution in [0.1, 0.15) is 45.4 Å². The fourth-order valence-corrected chi connectivity index (χ4v) is 11.5. The fourth-order valence-electron chi connectivity index (χ4n) is 11.5. The number of aliphatic imine (C=N–C) groups is 1. The van der Waals surface area contributed by atoms with Crippen LogP contribution in [0.3, 0.4) is 0 Å². The Bertz CT molecular complexity index is 1620. The number of nitrogens with zero attached hydrogens (tertiary/aromatic N) is 2. The van der Waals surface area contributed by atoms with Gasteiger partial charge in [0.05, 0.1) is 42.9 Å². The number of aliphatic hydroxyl groups excluding tert-OH is 6. The van der Waals surface area contributed by atoms with Crippen molar-refractivity contribution in [1.82, 2.24) is 15.5 Å². The van der Waals surface area contributed by atoms with Gasteiger partial charge in [-0.2, -0.15) is 0 Å². The molecule has 6 aliphatic rings. The number of fused-ring (bicyclic) bond motifs is 2. The number of ketones is 2. The lowest BCUT2D eigenvalue weighted by atomic mass is 9.51. The van der Waals surface area contributed by atoms with Gasteiger partial charge in [0.25, 0.3) is 11.8 Å². The number of amides is 2. The number of hydrogen-bond acceptors (Lipinski definition) is 17. The third-order valence-corrected chi connectivity index (χ3v) is 14.5. The minimum Gasteiger partial charge on any atom is -0.396 e. The Kier molecular flexibility index (Phi) is 14.9. The lowest BCUT2D eigenvalue weighted by Gasteiger charge is -2.55. The number of hydrogen-bond donors (Lipinski definition) is 11. The highest BCUT2D eigenvalue weighted by molar-refractivity contribution is 6.12. The Hall–Kier alpha value is -2.99. The Balaban J connectivity index is 1.28. The minimum absolute atomic E-state index is 0.0691. The molecule has 20 heteroatoms. The van der Waals surface area contributed by atoms with Crippen molar-refractivity contribution < 1.29 is 69.1 Å². The molecule has 13 N–H and O–H groups in total. The van der Waals surface area contributed by atoms with Crippen molar-refractivity contribution in [3.05, 3.63) is 12.2 Å². The van der Waals surface area contributed by atoms with Crippen LogP contribution in [0.5, 0.6) is 0 Å². The van der Waals surface area contributed by atoms with Crippen LogP contribution in [0.15, 0.2) is 17.1 Å². The molecule has 2 amide bonds. The van der Waals surface area contributed by atoms with Gasteiger partial charge in [0.1, 0.15) is 35.5 Å². The third-order valence-electron chi connectivity index (χ3n) is 14.5. The van der Waals surface area contributed by atoms with Gasteiger partial charge in [0, 0.05) is 82.2 Å². The molecule has 0 aromatic rings. The molecule has 2 saturated heterocycles. The molecule has 3 heterocycles. The molecular formula is C40H64N6O14. The molecule has 19 atom stereocenters. The van der Waals surface area contributed by atoms with E-state index in [4.69, 9.17) is 25.7 Å². The van der Waals surface area contributed by atoms with Crippen molar-refractivity contribution in [1.29, 1.82) is 0 Å². The highest BCUT2D eigenvalue weighted by Crippen LogP contribution is 2.53. The number of aliphatic hydroxyl groups is 7. The SMILES string of the molecule is CN=C(N)NC(CCO)C1C(C)CC2C(=O)C3C(CO)C(OC)CC(O[C@H]4O[C@H](CO)[C@](O)(C[C@H](CN5C(=O)C=CC5=O)C5CCNC(N)C5)[C@H](O)[C@H]4O)C3C(=O)C2C1O. The van der Waals surface area contributed by atoms with E-state index in [9.17, 15) is 54.9 Å². The first kappa shape index (κ1) is 46.5. The molecule has 0 spiro atoms. The maximum atomic E-state index is 14.9. The normalized spacial score (nSPS) is 43.5. The molecule has 0 aromatic carbocycles. The number of nitrogens with one attached hydrogen (secondary N) is 2. The maximum Gasteiger partial charge on any atom is 0.253 e. The monoisotopic (exact) mass is 852 g/mol. The number of Topliss-reactive ketones (excluding diaryl/α,β-unsaturated/α-hetero) is 2. The number of ether oxygens (including phenoxy) is 3. The first-order valence-corrected chi connectivity index (χ1v) is 21.1. The largest absolute Gasteiger partial charge is 0.396 e. The van der Waals surface area contributed by atoms with Crippen molar-refractivity contribution >= 4 is 29.3 Å². The minimum atomic E-state index is -2.34. The zero-order chi connectivity index (χ0) is 43.8. The molecule has 13 unspecified atom stereocenters. The number of carbonyl (C=O) groups excluding carboxylic acids is 4. The zero-order valence-electron chi connectivity index (χ0n) is 34.4. The molecule has 0 aromatic heterocycles. The van der Waals surface area contributed by atoms with Gasteiger partial charge in [-0.1, -0.05) is 6.92 Å². The van der Waals surface area contributed by atoms with Gasteiger partial charge in [0.15, 0.2) is 12.2 Å². The summed E-state index contributed by atoms with van der Waals surface area (Å²) in [6.45, 7) is 0.593. The molecule has 3 aliphatic carbocycles. The third kappa shape index (κ3) is 8.67. The van der Waals surface area contributed by atoms with Crippen molar-refractivity contribution in [2.75, 3.05) is 47.1 Å². The number of imide groups is 1. The molecule has 20 nitrogen and oxygen atoms in total. The number of piperidine rings is 1. The predicted molar refractivity (Wildman–Crippen MR) is 210 cm³/mol. The van der Waals surface area contributed by atoms with E-state index >= 15 is 0 Å². The van der Waals surface area contributed by atoms with Gasteiger partial charge in [-0.3, -0.25) is 29.1 Å². The van der Waals surface area contributed by atoms with Crippen LogP contribution >= 0.6 is 0 Å². The average Bonchev–Trinajstić information content (AvgIpc) is 3.54. The van der Waals surface area contributed by atoms with Gasteiger partial charge in [0.2, 0.25) is 0 Å². The molecule has 3 saturated carbocycles. The maximum absolute atomic E-state index is 14.9. The molecular weight excluding hydrogens is 788 g/mol. The second kappa shape index (κ2) is 19.2. The highest BCUT2D eigenvalue weighted by atomic mass is 16.7. The lowest BCUT2D eigenvalue weighted by Crippen LogP contribution is -2.70. The summed E-state index contributed by atoms with van der Waals surface area (Å²) in [4.78, 5) is 59.7. The summed E-state index contributed by atoms with van der Waals surface area (Å²) in [5.41, 5.74) is 9.84. The van der Waals surface area contributed by atoms with Gasteiger partial charge >= 0.3 is 0 Å². The smallest absolute Gasteiger partial charge is 0.253 e. The van der Waals surface area contributed by atoms with E-state index in [-0.39, 0.29) is 62.4 Å². The number of carbonyl (C=O) groups is 4. The van der Waals surface area contributed by atoms with Crippen molar-refractivity contribution in [2.24, 2.45) is 69.7 Å². The van der Waals surface area contributed by atoms with Crippen LogP contribution in [-0.4, -0.2) is 178 Å². The van der Waals surface area contributed by atoms with E-state index in [0.717, 1.165) is 17.1 Å². The molecule has 0 bridgehead atoms. The second-order valence-corrected chi connectivity index (χ2v) is 17.7. The Morgan fingerprint density at radius 3 is 2.32 bits per heavy atom. The molecule has 60 heavy (non-hydrogen) atoms.